The maximum Gasteiger partial charge on any atom is 0.389 e. The highest BCUT2D eigenvalue weighted by atomic mass is 127. The van der Waals surface area contributed by atoms with Crippen molar-refractivity contribution >= 4 is 29.0 Å². The van der Waals surface area contributed by atoms with Gasteiger partial charge in [0.15, 0.2) is 23.0 Å². The molecule has 0 radical (unpaired) electrons. The Balaban J connectivity index is 2.23. The quantitative estimate of drug-likeness (QED) is 0.776. The average molecular weight is 294 g/mol. The molecule has 1 heterocycles. The largest absolute Gasteiger partial charge is 0.389 e. The minimum atomic E-state index is -0.570. The smallest absolute Gasteiger partial charge is 0.389 e. The van der Waals surface area contributed by atoms with Crippen LogP contribution in [0.1, 0.15) is 36.3 Å². The lowest BCUT2D eigenvalue weighted by atomic mass is 10.1. The predicted octanol–water partition coefficient (Wildman–Crippen LogP) is 1.63. The van der Waals surface area contributed by atoms with E-state index in [1.807, 2.05) is 6.92 Å². The summed E-state index contributed by atoms with van der Waals surface area (Å²) in [5.74, 6) is -0.0401. The van der Waals surface area contributed by atoms with Crippen LogP contribution in [0, 0.1) is 0 Å². The first kappa shape index (κ1) is 8.92. The van der Waals surface area contributed by atoms with Crippen molar-refractivity contribution < 1.29 is 12.4 Å². The molecule has 2 rings (SSSR count). The van der Waals surface area contributed by atoms with E-state index in [1.54, 1.807) is 0 Å². The van der Waals surface area contributed by atoms with Gasteiger partial charge in [0.1, 0.15) is 0 Å². The van der Waals surface area contributed by atoms with Crippen molar-refractivity contribution in [3.05, 3.63) is 11.7 Å². The van der Waals surface area contributed by atoms with Crippen molar-refractivity contribution in [3.63, 3.8) is 0 Å². The first-order valence-corrected chi connectivity index (χ1v) is 4.71. The third-order valence-corrected chi connectivity index (χ3v) is 2.59. The molecule has 0 aromatic carbocycles. The fraction of sp³-hybridized carbons (Fsp3) is 0.571. The standard InChI is InChI=1S/C7H7IN2O3/c1-7(2-3-7)6-9-4(10-13-6)5(11)12-8/h2-3H2,1H3. The van der Waals surface area contributed by atoms with Gasteiger partial charge in [-0.25, -0.2) is 4.79 Å². The van der Waals surface area contributed by atoms with E-state index in [9.17, 15) is 4.79 Å². The summed E-state index contributed by atoms with van der Waals surface area (Å²) in [7, 11) is 0. The van der Waals surface area contributed by atoms with Crippen LogP contribution in [0.4, 0.5) is 0 Å². The molecule has 1 aromatic rings. The van der Waals surface area contributed by atoms with Crippen LogP contribution in [0.25, 0.3) is 0 Å². The number of carbonyl (C=O) groups excluding carboxylic acids is 1. The second-order valence-electron chi connectivity index (χ2n) is 3.35. The monoisotopic (exact) mass is 294 g/mol. The Morgan fingerprint density at radius 3 is 2.92 bits per heavy atom. The maximum atomic E-state index is 11.0. The van der Waals surface area contributed by atoms with Crippen molar-refractivity contribution in [3.8, 4) is 0 Å². The molecule has 1 aromatic heterocycles. The van der Waals surface area contributed by atoms with Crippen LogP contribution in [0.15, 0.2) is 4.52 Å². The molecule has 70 valence electrons. The Hall–Kier alpha value is -0.660. The number of rotatable bonds is 2. The Morgan fingerprint density at radius 2 is 2.38 bits per heavy atom. The molecule has 1 fully saturated rings. The highest BCUT2D eigenvalue weighted by Gasteiger charge is 2.45. The molecule has 6 heteroatoms. The minimum absolute atomic E-state index is 0.00229. The number of hydrogen-bond donors (Lipinski definition) is 0. The van der Waals surface area contributed by atoms with Gasteiger partial charge >= 0.3 is 5.97 Å². The Morgan fingerprint density at radius 1 is 1.69 bits per heavy atom. The van der Waals surface area contributed by atoms with Gasteiger partial charge in [-0.1, -0.05) is 6.92 Å². The lowest BCUT2D eigenvalue weighted by Crippen LogP contribution is -2.03. The van der Waals surface area contributed by atoms with Crippen LogP contribution in [0.5, 0.6) is 0 Å². The van der Waals surface area contributed by atoms with Crippen LogP contribution >= 0.6 is 23.0 Å². The van der Waals surface area contributed by atoms with Crippen LogP contribution in [0.3, 0.4) is 0 Å². The molecule has 0 amide bonds. The van der Waals surface area contributed by atoms with Gasteiger partial charge in [-0.3, -0.25) is 0 Å². The predicted molar refractivity (Wildman–Crippen MR) is 50.3 cm³/mol. The van der Waals surface area contributed by atoms with Crippen LogP contribution in [0.2, 0.25) is 0 Å². The van der Waals surface area contributed by atoms with Gasteiger partial charge in [-0.2, -0.15) is 4.98 Å². The average Bonchev–Trinajstić information content (AvgIpc) is 2.72. The van der Waals surface area contributed by atoms with Gasteiger partial charge in [0, 0.05) is 5.41 Å². The minimum Gasteiger partial charge on any atom is -0.389 e. The van der Waals surface area contributed by atoms with Crippen LogP contribution < -0.4 is 0 Å². The van der Waals surface area contributed by atoms with Crippen molar-refractivity contribution in [2.24, 2.45) is 0 Å². The third-order valence-electron chi connectivity index (χ3n) is 2.19. The van der Waals surface area contributed by atoms with E-state index < -0.39 is 5.97 Å². The lowest BCUT2D eigenvalue weighted by molar-refractivity contribution is 0.0784. The fourth-order valence-electron chi connectivity index (χ4n) is 0.987. The Kier molecular flexibility index (Phi) is 2.01. The summed E-state index contributed by atoms with van der Waals surface area (Å²) in [6, 6.07) is 0. The topological polar surface area (TPSA) is 65.2 Å². The molecule has 0 atom stereocenters. The van der Waals surface area contributed by atoms with E-state index in [0.29, 0.717) is 5.89 Å². The number of halogens is 1. The normalized spacial score (nSPS) is 18.3. The summed E-state index contributed by atoms with van der Waals surface area (Å²) < 4.78 is 9.38. The molecule has 1 aliphatic rings. The maximum absolute atomic E-state index is 11.0. The van der Waals surface area contributed by atoms with E-state index in [-0.39, 0.29) is 11.2 Å². The number of aromatic nitrogens is 2. The van der Waals surface area contributed by atoms with E-state index >= 15 is 0 Å². The summed E-state index contributed by atoms with van der Waals surface area (Å²) in [4.78, 5) is 14.9. The second kappa shape index (κ2) is 2.93. The van der Waals surface area contributed by atoms with Crippen molar-refractivity contribution in [1.82, 2.24) is 10.1 Å². The molecule has 1 saturated carbocycles. The Bertz CT molecular complexity index is 345. The molecule has 0 saturated heterocycles. The molecule has 0 aliphatic heterocycles. The van der Waals surface area contributed by atoms with E-state index in [1.165, 1.54) is 23.0 Å². The van der Waals surface area contributed by atoms with Crippen molar-refractivity contribution in [2.45, 2.75) is 25.2 Å². The summed E-state index contributed by atoms with van der Waals surface area (Å²) in [5, 5.41) is 3.53. The molecule has 5 nitrogen and oxygen atoms in total. The molecule has 0 bridgehead atoms. The van der Waals surface area contributed by atoms with Crippen LogP contribution in [-0.4, -0.2) is 16.1 Å². The first-order chi connectivity index (χ1) is 6.15. The van der Waals surface area contributed by atoms with Crippen molar-refractivity contribution in [1.29, 1.82) is 0 Å². The second-order valence-corrected chi connectivity index (χ2v) is 3.79. The van der Waals surface area contributed by atoms with E-state index in [0.717, 1.165) is 12.8 Å². The van der Waals surface area contributed by atoms with Gasteiger partial charge < -0.3 is 7.59 Å². The SMILES string of the molecule is CC1(c2nc(C(=O)OI)no2)CC1. The molecular formula is C7H7IN2O3. The molecule has 0 spiro atoms. The summed E-state index contributed by atoms with van der Waals surface area (Å²) >= 11 is 1.49. The summed E-state index contributed by atoms with van der Waals surface area (Å²) in [6.45, 7) is 2.03. The van der Waals surface area contributed by atoms with Gasteiger partial charge in [-0.05, 0) is 18.0 Å². The zero-order chi connectivity index (χ0) is 9.47. The van der Waals surface area contributed by atoms with Crippen molar-refractivity contribution in [2.75, 3.05) is 0 Å². The first-order valence-electron chi connectivity index (χ1n) is 3.83. The van der Waals surface area contributed by atoms with Gasteiger partial charge in [0.25, 0.3) is 5.82 Å². The summed E-state index contributed by atoms with van der Waals surface area (Å²) in [5.41, 5.74) is -0.00317. The van der Waals surface area contributed by atoms with E-state index in [2.05, 4.69) is 13.2 Å². The van der Waals surface area contributed by atoms with E-state index in [4.69, 9.17) is 4.52 Å². The number of carbonyl (C=O) groups is 1. The molecule has 0 unspecified atom stereocenters. The molecule has 13 heavy (non-hydrogen) atoms. The third kappa shape index (κ3) is 1.54. The lowest BCUT2D eigenvalue weighted by Gasteiger charge is -1.96. The number of hydrogen-bond acceptors (Lipinski definition) is 5. The molecule has 0 N–H and O–H groups in total. The number of nitrogens with zero attached hydrogens (tertiary/aromatic N) is 2. The highest BCUT2D eigenvalue weighted by molar-refractivity contribution is 14.1. The van der Waals surface area contributed by atoms with Gasteiger partial charge in [0.2, 0.25) is 5.89 Å². The Labute approximate surface area is 88.5 Å². The van der Waals surface area contributed by atoms with Gasteiger partial charge in [-0.15, -0.1) is 0 Å². The highest BCUT2D eigenvalue weighted by Crippen LogP contribution is 2.46. The summed E-state index contributed by atoms with van der Waals surface area (Å²) in [6.07, 6.45) is 2.07. The zero-order valence-corrected chi connectivity index (χ0v) is 9.07. The zero-order valence-electron chi connectivity index (χ0n) is 6.91. The van der Waals surface area contributed by atoms with Gasteiger partial charge in [0.05, 0.1) is 0 Å². The fourth-order valence-corrected chi connectivity index (χ4v) is 1.18. The molecule has 1 aliphatic carbocycles. The van der Waals surface area contributed by atoms with Crippen LogP contribution in [-0.2, 0) is 8.48 Å². The molecular weight excluding hydrogens is 287 g/mol.